The average molecular weight is 294 g/mol. The Morgan fingerprint density at radius 1 is 1.48 bits per heavy atom. The highest BCUT2D eigenvalue weighted by atomic mass is 16.7. The van der Waals surface area contributed by atoms with Crippen molar-refractivity contribution in [1.82, 2.24) is 5.01 Å². The molecule has 0 N–H and O–H groups in total. The topological polar surface area (TPSA) is 34.1 Å². The zero-order valence-corrected chi connectivity index (χ0v) is 14.3. The number of hydrazone groups is 1. The Bertz CT molecular complexity index is 411. The normalized spacial score (nSPS) is 27.4. The van der Waals surface area contributed by atoms with Crippen LogP contribution in [-0.4, -0.2) is 45.3 Å². The predicted octanol–water partition coefficient (Wildman–Crippen LogP) is 3.46. The van der Waals surface area contributed by atoms with Gasteiger partial charge in [0.1, 0.15) is 0 Å². The molecule has 21 heavy (non-hydrogen) atoms. The lowest BCUT2D eigenvalue weighted by atomic mass is 9.71. The zero-order valence-electron chi connectivity index (χ0n) is 14.3. The van der Waals surface area contributed by atoms with E-state index in [1.807, 2.05) is 19.1 Å². The molecule has 0 aromatic heterocycles. The Morgan fingerprint density at radius 2 is 2.10 bits per heavy atom. The van der Waals surface area contributed by atoms with Gasteiger partial charge in [0, 0.05) is 45.4 Å². The number of rotatable bonds is 7. The second-order valence-corrected chi connectivity index (χ2v) is 6.27. The van der Waals surface area contributed by atoms with E-state index >= 15 is 0 Å². The molecule has 0 spiro atoms. The molecular formula is C17H30N2O2. The molecule has 4 heteroatoms. The molecule has 1 aliphatic rings. The van der Waals surface area contributed by atoms with Gasteiger partial charge >= 0.3 is 0 Å². The van der Waals surface area contributed by atoms with Crippen LogP contribution in [0.15, 0.2) is 29.4 Å². The molecule has 0 saturated heterocycles. The average Bonchev–Trinajstić information content (AvgIpc) is 2.42. The highest BCUT2D eigenvalue weighted by molar-refractivity contribution is 5.93. The van der Waals surface area contributed by atoms with Gasteiger partial charge in [0.05, 0.1) is 0 Å². The fraction of sp³-hybridized carbons (Fsp3) is 0.706. The first kappa shape index (κ1) is 17.9. The SMILES string of the molecule is C=C(C)C1C=CC(C)(CCC(OC)OC)/C(=N/N(C)C)C1. The second kappa shape index (κ2) is 7.76. The van der Waals surface area contributed by atoms with Crippen LogP contribution in [0, 0.1) is 11.3 Å². The van der Waals surface area contributed by atoms with Gasteiger partial charge in [-0.1, -0.05) is 31.2 Å². The van der Waals surface area contributed by atoms with Crippen molar-refractivity contribution in [3.8, 4) is 0 Å². The van der Waals surface area contributed by atoms with Gasteiger partial charge in [0.25, 0.3) is 0 Å². The van der Waals surface area contributed by atoms with Gasteiger partial charge in [0.2, 0.25) is 0 Å². The highest BCUT2D eigenvalue weighted by Crippen LogP contribution is 2.37. The van der Waals surface area contributed by atoms with E-state index in [0.29, 0.717) is 5.92 Å². The summed E-state index contributed by atoms with van der Waals surface area (Å²) < 4.78 is 10.6. The van der Waals surface area contributed by atoms with Crippen molar-refractivity contribution in [3.63, 3.8) is 0 Å². The van der Waals surface area contributed by atoms with Crippen molar-refractivity contribution in [2.75, 3.05) is 28.3 Å². The van der Waals surface area contributed by atoms with Gasteiger partial charge in [0.15, 0.2) is 6.29 Å². The maximum Gasteiger partial charge on any atom is 0.156 e. The molecule has 0 aliphatic heterocycles. The summed E-state index contributed by atoms with van der Waals surface area (Å²) in [6, 6.07) is 0. The van der Waals surface area contributed by atoms with E-state index in [2.05, 4.69) is 32.6 Å². The summed E-state index contributed by atoms with van der Waals surface area (Å²) in [6.45, 7) is 8.40. The lowest BCUT2D eigenvalue weighted by Crippen LogP contribution is -2.34. The van der Waals surface area contributed by atoms with Crippen LogP contribution >= 0.6 is 0 Å². The molecule has 0 aromatic rings. The van der Waals surface area contributed by atoms with Gasteiger partial charge in [-0.2, -0.15) is 5.10 Å². The van der Waals surface area contributed by atoms with E-state index in [9.17, 15) is 0 Å². The summed E-state index contributed by atoms with van der Waals surface area (Å²) in [5.74, 6) is 0.387. The first-order valence-corrected chi connectivity index (χ1v) is 7.48. The maximum atomic E-state index is 5.30. The van der Waals surface area contributed by atoms with E-state index < -0.39 is 0 Å². The fourth-order valence-electron chi connectivity index (χ4n) is 2.65. The molecule has 4 nitrogen and oxygen atoms in total. The molecule has 0 radical (unpaired) electrons. The van der Waals surface area contributed by atoms with Crippen molar-refractivity contribution < 1.29 is 9.47 Å². The van der Waals surface area contributed by atoms with Crippen LogP contribution in [0.5, 0.6) is 0 Å². The van der Waals surface area contributed by atoms with Crippen LogP contribution in [0.4, 0.5) is 0 Å². The van der Waals surface area contributed by atoms with Crippen LogP contribution in [0.2, 0.25) is 0 Å². The van der Waals surface area contributed by atoms with Crippen molar-refractivity contribution >= 4 is 5.71 Å². The lowest BCUT2D eigenvalue weighted by molar-refractivity contribution is -0.108. The number of hydrogen-bond acceptors (Lipinski definition) is 4. The summed E-state index contributed by atoms with van der Waals surface area (Å²) in [4.78, 5) is 0. The van der Waals surface area contributed by atoms with E-state index in [1.165, 1.54) is 11.3 Å². The molecule has 0 bridgehead atoms. The Labute approximate surface area is 129 Å². The van der Waals surface area contributed by atoms with Crippen LogP contribution < -0.4 is 0 Å². The van der Waals surface area contributed by atoms with Crippen molar-refractivity contribution in [2.45, 2.75) is 39.4 Å². The molecule has 1 rings (SSSR count). The van der Waals surface area contributed by atoms with Crippen molar-refractivity contribution in [1.29, 1.82) is 0 Å². The minimum atomic E-state index is -0.158. The number of allylic oxidation sites excluding steroid dienone is 3. The Balaban J connectivity index is 2.93. The van der Waals surface area contributed by atoms with Gasteiger partial charge < -0.3 is 14.5 Å². The van der Waals surface area contributed by atoms with Crippen molar-refractivity contribution in [2.24, 2.45) is 16.4 Å². The van der Waals surface area contributed by atoms with E-state index in [1.54, 1.807) is 14.2 Å². The van der Waals surface area contributed by atoms with E-state index in [0.717, 1.165) is 19.3 Å². The van der Waals surface area contributed by atoms with Crippen molar-refractivity contribution in [3.05, 3.63) is 24.3 Å². The summed E-state index contributed by atoms with van der Waals surface area (Å²) in [7, 11) is 7.29. The van der Waals surface area contributed by atoms with Gasteiger partial charge in [-0.05, 0) is 26.2 Å². The quantitative estimate of drug-likeness (QED) is 0.410. The molecule has 0 saturated carbocycles. The largest absolute Gasteiger partial charge is 0.356 e. The standard InChI is InChI=1S/C17H30N2O2/c1-13(2)14-8-10-17(3,11-9-16(20-6)21-7)15(12-14)18-19(4)5/h8,10,14,16H,1,9,11-12H2,2-7H3/b18-15+. The minimum absolute atomic E-state index is 0.0501. The smallest absolute Gasteiger partial charge is 0.156 e. The van der Waals surface area contributed by atoms with Crippen LogP contribution in [0.25, 0.3) is 0 Å². The van der Waals surface area contributed by atoms with Crippen LogP contribution in [-0.2, 0) is 9.47 Å². The van der Waals surface area contributed by atoms with Gasteiger partial charge in [-0.3, -0.25) is 0 Å². The number of nitrogens with zero attached hydrogens (tertiary/aromatic N) is 2. The molecule has 0 heterocycles. The molecule has 120 valence electrons. The number of hydrogen-bond donors (Lipinski definition) is 0. The molecule has 0 aromatic carbocycles. The summed E-state index contributed by atoms with van der Waals surface area (Å²) >= 11 is 0. The summed E-state index contributed by atoms with van der Waals surface area (Å²) in [5.41, 5.74) is 2.34. The zero-order chi connectivity index (χ0) is 16.0. The Kier molecular flexibility index (Phi) is 6.62. The van der Waals surface area contributed by atoms with E-state index in [4.69, 9.17) is 14.6 Å². The fourth-order valence-corrected chi connectivity index (χ4v) is 2.65. The first-order valence-electron chi connectivity index (χ1n) is 7.48. The number of methoxy groups -OCH3 is 2. The summed E-state index contributed by atoms with van der Waals surface area (Å²) in [5, 5.41) is 6.61. The highest BCUT2D eigenvalue weighted by Gasteiger charge is 2.34. The molecule has 1 aliphatic carbocycles. The predicted molar refractivity (Wildman–Crippen MR) is 88.3 cm³/mol. The molecule has 2 atom stereocenters. The third-order valence-corrected chi connectivity index (χ3v) is 4.15. The molecule has 0 amide bonds. The minimum Gasteiger partial charge on any atom is -0.356 e. The third kappa shape index (κ3) is 4.97. The molecular weight excluding hydrogens is 264 g/mol. The Morgan fingerprint density at radius 3 is 2.57 bits per heavy atom. The van der Waals surface area contributed by atoms with Crippen LogP contribution in [0.1, 0.15) is 33.1 Å². The monoisotopic (exact) mass is 294 g/mol. The number of ether oxygens (including phenoxy) is 2. The van der Waals surface area contributed by atoms with Gasteiger partial charge in [-0.25, -0.2) is 0 Å². The third-order valence-electron chi connectivity index (χ3n) is 4.15. The van der Waals surface area contributed by atoms with Crippen LogP contribution in [0.3, 0.4) is 0 Å². The molecule has 2 unspecified atom stereocenters. The first-order chi connectivity index (χ1) is 9.82. The Hall–Kier alpha value is -1.13. The van der Waals surface area contributed by atoms with Gasteiger partial charge in [-0.15, -0.1) is 0 Å². The lowest BCUT2D eigenvalue weighted by Gasteiger charge is -2.35. The second-order valence-electron chi connectivity index (χ2n) is 6.27. The maximum absolute atomic E-state index is 5.30. The molecule has 0 fully saturated rings. The summed E-state index contributed by atoms with van der Waals surface area (Å²) in [6.07, 6.45) is 7.12. The van der Waals surface area contributed by atoms with E-state index in [-0.39, 0.29) is 11.7 Å².